The van der Waals surface area contributed by atoms with Gasteiger partial charge in [0.25, 0.3) is 5.56 Å². The van der Waals surface area contributed by atoms with E-state index in [1.54, 1.807) is 6.07 Å². The molecule has 6 nitrogen and oxygen atoms in total. The third kappa shape index (κ3) is 3.45. The molecule has 0 spiro atoms. The zero-order valence-electron chi connectivity index (χ0n) is 13.9. The predicted molar refractivity (Wildman–Crippen MR) is 104 cm³/mol. The molecule has 1 fully saturated rings. The number of fused-ring (bicyclic) bond motifs is 1. The highest BCUT2D eigenvalue weighted by Crippen LogP contribution is 2.23. The van der Waals surface area contributed by atoms with Crippen molar-refractivity contribution < 1.29 is 4.79 Å². The van der Waals surface area contributed by atoms with E-state index < -0.39 is 0 Å². The lowest BCUT2D eigenvalue weighted by molar-refractivity contribution is -0.122. The lowest BCUT2D eigenvalue weighted by Crippen LogP contribution is -2.40. The van der Waals surface area contributed by atoms with Crippen molar-refractivity contribution >= 4 is 44.7 Å². The van der Waals surface area contributed by atoms with Crippen LogP contribution in [0.2, 0.25) is 5.02 Å². The largest absolute Gasteiger partial charge is 0.369 e. The van der Waals surface area contributed by atoms with Gasteiger partial charge in [-0.05, 0) is 36.1 Å². The number of nitrogens with zero attached hydrogens (tertiary/aromatic N) is 3. The molecule has 3 aromatic rings. The van der Waals surface area contributed by atoms with Crippen LogP contribution in [0.1, 0.15) is 6.42 Å². The highest BCUT2D eigenvalue weighted by Gasteiger charge is 2.24. The van der Waals surface area contributed by atoms with Crippen molar-refractivity contribution in [1.29, 1.82) is 0 Å². The van der Waals surface area contributed by atoms with Crippen molar-refractivity contribution in [1.82, 2.24) is 14.9 Å². The van der Waals surface area contributed by atoms with E-state index in [1.165, 1.54) is 22.2 Å². The van der Waals surface area contributed by atoms with Gasteiger partial charge in [0.2, 0.25) is 5.91 Å². The lowest BCUT2D eigenvalue weighted by atomic mass is 10.2. The number of carbonyl (C=O) groups excluding carboxylic acids is 1. The Morgan fingerprint density at radius 2 is 2.27 bits per heavy atom. The van der Waals surface area contributed by atoms with E-state index in [4.69, 9.17) is 11.6 Å². The molecule has 1 aliphatic rings. The molecule has 134 valence electrons. The molecular weight excluding hydrogens is 372 g/mol. The number of benzene rings is 1. The van der Waals surface area contributed by atoms with Gasteiger partial charge in [0.1, 0.15) is 11.4 Å². The van der Waals surface area contributed by atoms with Gasteiger partial charge < -0.3 is 10.2 Å². The average Bonchev–Trinajstić information content (AvgIpc) is 3.27. The van der Waals surface area contributed by atoms with E-state index in [9.17, 15) is 9.59 Å². The summed E-state index contributed by atoms with van der Waals surface area (Å²) in [7, 11) is 0. The minimum absolute atomic E-state index is 0.0225. The van der Waals surface area contributed by atoms with Gasteiger partial charge >= 0.3 is 0 Å². The van der Waals surface area contributed by atoms with Crippen molar-refractivity contribution in [2.24, 2.45) is 0 Å². The van der Waals surface area contributed by atoms with Crippen molar-refractivity contribution in [2.45, 2.75) is 19.0 Å². The molecule has 3 heterocycles. The number of aromatic nitrogens is 2. The van der Waals surface area contributed by atoms with Crippen LogP contribution in [0.5, 0.6) is 0 Å². The van der Waals surface area contributed by atoms with Crippen LogP contribution in [0.25, 0.3) is 10.2 Å². The van der Waals surface area contributed by atoms with Crippen molar-refractivity contribution in [2.75, 3.05) is 18.0 Å². The first kappa shape index (κ1) is 17.1. The first-order chi connectivity index (χ1) is 12.6. The molecule has 0 saturated carbocycles. The highest BCUT2D eigenvalue weighted by molar-refractivity contribution is 7.16. The lowest BCUT2D eigenvalue weighted by Gasteiger charge is -2.19. The molecule has 1 unspecified atom stereocenters. The fraction of sp³-hybridized carbons (Fsp3) is 0.278. The Labute approximate surface area is 159 Å². The molecule has 26 heavy (non-hydrogen) atoms. The molecule has 1 aliphatic heterocycles. The summed E-state index contributed by atoms with van der Waals surface area (Å²) >= 11 is 7.46. The second-order valence-electron chi connectivity index (χ2n) is 6.30. The predicted octanol–water partition coefficient (Wildman–Crippen LogP) is 2.51. The Kier molecular flexibility index (Phi) is 4.65. The molecular formula is C18H17ClN4O2S. The number of carbonyl (C=O) groups is 1. The quantitative estimate of drug-likeness (QED) is 0.745. The number of hydrogen-bond donors (Lipinski definition) is 1. The third-order valence-electron chi connectivity index (χ3n) is 4.49. The summed E-state index contributed by atoms with van der Waals surface area (Å²) in [6.07, 6.45) is 2.29. The maximum Gasteiger partial charge on any atom is 0.262 e. The maximum absolute atomic E-state index is 12.4. The van der Waals surface area contributed by atoms with Gasteiger partial charge in [0, 0.05) is 29.8 Å². The second kappa shape index (κ2) is 7.09. The number of halogens is 1. The molecule has 1 amide bonds. The molecule has 8 heteroatoms. The van der Waals surface area contributed by atoms with Crippen LogP contribution in [0, 0.1) is 0 Å². The number of nitrogens with one attached hydrogen (secondary N) is 1. The summed E-state index contributed by atoms with van der Waals surface area (Å²) in [6.45, 7) is 1.56. The summed E-state index contributed by atoms with van der Waals surface area (Å²) in [5.41, 5.74) is 0.871. The fourth-order valence-electron chi connectivity index (χ4n) is 3.22. The minimum Gasteiger partial charge on any atom is -0.369 e. The van der Waals surface area contributed by atoms with E-state index in [2.05, 4.69) is 15.2 Å². The van der Waals surface area contributed by atoms with E-state index in [1.807, 2.05) is 29.6 Å². The fourth-order valence-corrected chi connectivity index (χ4v) is 4.13. The van der Waals surface area contributed by atoms with Gasteiger partial charge in [-0.2, -0.15) is 0 Å². The van der Waals surface area contributed by atoms with Crippen molar-refractivity contribution in [3.63, 3.8) is 0 Å². The van der Waals surface area contributed by atoms with Crippen LogP contribution in [-0.4, -0.2) is 34.6 Å². The van der Waals surface area contributed by atoms with Crippen LogP contribution < -0.4 is 15.8 Å². The normalized spacial score (nSPS) is 17.0. The maximum atomic E-state index is 12.4. The summed E-state index contributed by atoms with van der Waals surface area (Å²) in [6, 6.07) is 9.49. The van der Waals surface area contributed by atoms with Crippen molar-refractivity contribution in [3.05, 3.63) is 57.4 Å². The van der Waals surface area contributed by atoms with Crippen molar-refractivity contribution in [3.8, 4) is 0 Å². The number of thiophene rings is 1. The smallest absolute Gasteiger partial charge is 0.262 e. The number of hydrogen-bond acceptors (Lipinski definition) is 5. The van der Waals surface area contributed by atoms with Gasteiger partial charge in [0.05, 0.1) is 11.7 Å². The molecule has 1 atom stereocenters. The van der Waals surface area contributed by atoms with E-state index in [0.29, 0.717) is 15.2 Å². The average molecular weight is 389 g/mol. The van der Waals surface area contributed by atoms with Gasteiger partial charge in [0.15, 0.2) is 0 Å². The van der Waals surface area contributed by atoms with E-state index in [-0.39, 0.29) is 24.1 Å². The zero-order valence-corrected chi connectivity index (χ0v) is 15.5. The molecule has 0 radical (unpaired) electrons. The summed E-state index contributed by atoms with van der Waals surface area (Å²) in [5.74, 6) is -0.179. The van der Waals surface area contributed by atoms with Gasteiger partial charge in [-0.15, -0.1) is 11.3 Å². The first-order valence-corrected chi connectivity index (χ1v) is 9.58. The Morgan fingerprint density at radius 1 is 1.38 bits per heavy atom. The summed E-state index contributed by atoms with van der Waals surface area (Å²) in [4.78, 5) is 31.8. The Balaban J connectivity index is 1.39. The number of rotatable bonds is 4. The molecule has 4 rings (SSSR count). The standard InChI is InChI=1S/C18H17ClN4O2S/c19-12-2-1-3-14(8-12)22-6-4-13(9-22)21-16(24)10-23-11-20-17-15(18(23)25)5-7-26-17/h1-3,5,7-8,11,13H,4,6,9-10H2,(H,21,24). The Hall–Kier alpha value is -2.38. The molecule has 1 saturated heterocycles. The SMILES string of the molecule is O=C(Cn1cnc2sccc2c1=O)NC1CCN(c2cccc(Cl)c2)C1. The number of amides is 1. The minimum atomic E-state index is -0.182. The van der Waals surface area contributed by atoms with Crippen LogP contribution in [-0.2, 0) is 11.3 Å². The second-order valence-corrected chi connectivity index (χ2v) is 7.63. The third-order valence-corrected chi connectivity index (χ3v) is 5.55. The summed E-state index contributed by atoms with van der Waals surface area (Å²) < 4.78 is 1.36. The van der Waals surface area contributed by atoms with Gasteiger partial charge in [-0.3, -0.25) is 14.2 Å². The van der Waals surface area contributed by atoms with Crippen LogP contribution >= 0.6 is 22.9 Å². The molecule has 2 aromatic heterocycles. The van der Waals surface area contributed by atoms with Crippen LogP contribution in [0.4, 0.5) is 5.69 Å². The van der Waals surface area contributed by atoms with Gasteiger partial charge in [-0.25, -0.2) is 4.98 Å². The highest BCUT2D eigenvalue weighted by atomic mass is 35.5. The van der Waals surface area contributed by atoms with Crippen LogP contribution in [0.3, 0.4) is 0 Å². The first-order valence-electron chi connectivity index (χ1n) is 8.33. The Morgan fingerprint density at radius 3 is 3.12 bits per heavy atom. The van der Waals surface area contributed by atoms with Gasteiger partial charge in [-0.1, -0.05) is 17.7 Å². The van der Waals surface area contributed by atoms with E-state index >= 15 is 0 Å². The number of anilines is 1. The summed E-state index contributed by atoms with van der Waals surface area (Å²) in [5, 5.41) is 6.09. The monoisotopic (exact) mass is 388 g/mol. The van der Waals surface area contributed by atoms with Crippen LogP contribution in [0.15, 0.2) is 46.8 Å². The molecule has 1 aromatic carbocycles. The molecule has 0 bridgehead atoms. The Bertz CT molecular complexity index is 1020. The topological polar surface area (TPSA) is 67.2 Å². The zero-order chi connectivity index (χ0) is 18.1. The molecule has 0 aliphatic carbocycles. The van der Waals surface area contributed by atoms with E-state index in [0.717, 1.165) is 25.2 Å². The molecule has 1 N–H and O–H groups in total.